The average molecular weight is 347 g/mol. The summed E-state index contributed by atoms with van der Waals surface area (Å²) in [4.78, 5) is 12.7. The third kappa shape index (κ3) is 2.71. The first-order chi connectivity index (χ1) is 10.9. The van der Waals surface area contributed by atoms with E-state index in [9.17, 15) is 4.79 Å². The highest BCUT2D eigenvalue weighted by Crippen LogP contribution is 2.33. The van der Waals surface area contributed by atoms with Gasteiger partial charge in [-0.15, -0.1) is 0 Å². The summed E-state index contributed by atoms with van der Waals surface area (Å²) in [6, 6.07) is 13.4. The second-order valence-electron chi connectivity index (χ2n) is 5.57. The molecule has 118 valence electrons. The monoisotopic (exact) mass is 346 g/mol. The average Bonchev–Trinajstić information content (AvgIpc) is 2.75. The molecule has 0 bridgehead atoms. The maximum Gasteiger partial charge on any atom is 0.274 e. The fraction of sp³-hybridized carbons (Fsp3) is 0.167. The molecule has 0 aliphatic carbocycles. The number of hydrogen-bond donors (Lipinski definition) is 0. The van der Waals surface area contributed by atoms with Gasteiger partial charge in [0.1, 0.15) is 0 Å². The highest BCUT2D eigenvalue weighted by atomic mass is 35.5. The molecule has 0 spiro atoms. The number of halogens is 2. The van der Waals surface area contributed by atoms with Crippen molar-refractivity contribution in [1.82, 2.24) is 9.36 Å². The topological polar surface area (TPSA) is 26.9 Å². The van der Waals surface area contributed by atoms with Gasteiger partial charge < -0.3 is 0 Å². The van der Waals surface area contributed by atoms with Crippen molar-refractivity contribution in [3.63, 3.8) is 0 Å². The third-order valence-corrected chi connectivity index (χ3v) is 4.79. The molecule has 0 aliphatic heterocycles. The van der Waals surface area contributed by atoms with Crippen molar-refractivity contribution in [1.29, 1.82) is 0 Å². The molecule has 0 fully saturated rings. The minimum Gasteiger partial charge on any atom is -0.285 e. The molecule has 0 amide bonds. The van der Waals surface area contributed by atoms with E-state index in [-0.39, 0.29) is 5.56 Å². The Kier molecular flexibility index (Phi) is 4.09. The summed E-state index contributed by atoms with van der Waals surface area (Å²) < 4.78 is 3.44. The van der Waals surface area contributed by atoms with Gasteiger partial charge in [-0.3, -0.25) is 14.2 Å². The van der Waals surface area contributed by atoms with Crippen LogP contribution in [-0.2, 0) is 14.1 Å². The normalized spacial score (nSPS) is 11.0. The molecule has 0 radical (unpaired) electrons. The maximum absolute atomic E-state index is 12.7. The largest absolute Gasteiger partial charge is 0.285 e. The number of benzene rings is 2. The molecule has 3 rings (SSSR count). The predicted molar refractivity (Wildman–Crippen MR) is 96.3 cm³/mol. The zero-order valence-corrected chi connectivity index (χ0v) is 14.6. The minimum atomic E-state index is -0.0681. The van der Waals surface area contributed by atoms with Gasteiger partial charge >= 0.3 is 0 Å². The van der Waals surface area contributed by atoms with Crippen LogP contribution in [0.1, 0.15) is 5.56 Å². The van der Waals surface area contributed by atoms with E-state index in [1.165, 1.54) is 5.56 Å². The molecular formula is C18H16Cl2N2O. The molecule has 0 saturated heterocycles. The van der Waals surface area contributed by atoms with Gasteiger partial charge in [0.15, 0.2) is 0 Å². The fourth-order valence-corrected chi connectivity index (χ4v) is 2.96. The molecular weight excluding hydrogens is 331 g/mol. The van der Waals surface area contributed by atoms with Crippen LogP contribution >= 0.6 is 23.2 Å². The Morgan fingerprint density at radius 1 is 0.826 bits per heavy atom. The van der Waals surface area contributed by atoms with Crippen molar-refractivity contribution in [3.8, 4) is 22.4 Å². The summed E-state index contributed by atoms with van der Waals surface area (Å²) >= 11 is 12.1. The number of rotatable bonds is 2. The first-order valence-electron chi connectivity index (χ1n) is 7.18. The van der Waals surface area contributed by atoms with Crippen molar-refractivity contribution >= 4 is 23.2 Å². The van der Waals surface area contributed by atoms with Crippen molar-refractivity contribution < 1.29 is 0 Å². The van der Waals surface area contributed by atoms with E-state index in [0.717, 1.165) is 16.8 Å². The van der Waals surface area contributed by atoms with Crippen LogP contribution in [0.25, 0.3) is 22.4 Å². The Morgan fingerprint density at radius 2 is 1.43 bits per heavy atom. The number of nitrogens with zero attached hydrogens (tertiary/aromatic N) is 2. The number of aryl methyl sites for hydroxylation is 1. The zero-order chi connectivity index (χ0) is 16.7. The zero-order valence-electron chi connectivity index (χ0n) is 13.1. The molecule has 1 aromatic heterocycles. The lowest BCUT2D eigenvalue weighted by atomic mass is 10.0. The van der Waals surface area contributed by atoms with Crippen LogP contribution in [-0.4, -0.2) is 9.36 Å². The van der Waals surface area contributed by atoms with Crippen LogP contribution in [0.4, 0.5) is 0 Å². The second-order valence-corrected chi connectivity index (χ2v) is 6.39. The Labute approximate surface area is 144 Å². The van der Waals surface area contributed by atoms with Crippen molar-refractivity contribution in [2.75, 3.05) is 0 Å². The van der Waals surface area contributed by atoms with E-state index in [2.05, 4.69) is 0 Å². The predicted octanol–water partition coefficient (Wildman–Crippen LogP) is 4.67. The highest BCUT2D eigenvalue weighted by Gasteiger charge is 2.19. The lowest BCUT2D eigenvalue weighted by molar-refractivity contribution is 0.584. The number of aromatic nitrogens is 2. The van der Waals surface area contributed by atoms with Gasteiger partial charge in [0.25, 0.3) is 5.56 Å². The van der Waals surface area contributed by atoms with Crippen LogP contribution in [0, 0.1) is 6.92 Å². The smallest absolute Gasteiger partial charge is 0.274 e. The van der Waals surface area contributed by atoms with E-state index >= 15 is 0 Å². The summed E-state index contributed by atoms with van der Waals surface area (Å²) in [6.45, 7) is 2.04. The molecule has 0 unspecified atom stereocenters. The maximum atomic E-state index is 12.7. The van der Waals surface area contributed by atoms with E-state index in [4.69, 9.17) is 23.2 Å². The number of hydrogen-bond acceptors (Lipinski definition) is 1. The van der Waals surface area contributed by atoms with Gasteiger partial charge in [-0.1, -0.05) is 59.1 Å². The van der Waals surface area contributed by atoms with Crippen LogP contribution in [0.5, 0.6) is 0 Å². The van der Waals surface area contributed by atoms with Gasteiger partial charge in [-0.2, -0.15) is 0 Å². The summed E-state index contributed by atoms with van der Waals surface area (Å²) in [5, 5.41) is 0.907. The second kappa shape index (κ2) is 5.91. The summed E-state index contributed by atoms with van der Waals surface area (Å²) in [6.07, 6.45) is 0. The fourth-order valence-electron chi connectivity index (χ4n) is 2.67. The van der Waals surface area contributed by atoms with Gasteiger partial charge in [0.2, 0.25) is 0 Å². The molecule has 0 N–H and O–H groups in total. The van der Waals surface area contributed by atoms with Crippen molar-refractivity contribution in [3.05, 3.63) is 68.4 Å². The molecule has 0 aliphatic rings. The third-order valence-electron chi connectivity index (χ3n) is 4.05. The molecule has 5 heteroatoms. The first kappa shape index (κ1) is 15.9. The quantitative estimate of drug-likeness (QED) is 0.662. The molecule has 0 atom stereocenters. The summed E-state index contributed by atoms with van der Waals surface area (Å²) in [7, 11) is 3.62. The van der Waals surface area contributed by atoms with E-state index < -0.39 is 0 Å². The standard InChI is InChI=1S/C18H16Cl2N2O/c1-11-4-6-12(7-5-11)17-16(18(23)22(3)21(17)2)13-8-9-14(19)15(20)10-13/h4-10H,1-3H3. The Bertz CT molecular complexity index is 937. The van der Waals surface area contributed by atoms with Crippen LogP contribution in [0.15, 0.2) is 47.3 Å². The van der Waals surface area contributed by atoms with E-state index in [1.807, 2.05) is 49.0 Å². The molecule has 3 nitrogen and oxygen atoms in total. The van der Waals surface area contributed by atoms with Gasteiger partial charge in [0.05, 0.1) is 21.3 Å². The van der Waals surface area contributed by atoms with Gasteiger partial charge in [-0.25, -0.2) is 0 Å². The minimum absolute atomic E-state index is 0.0681. The SMILES string of the molecule is Cc1ccc(-c2c(-c3ccc(Cl)c(Cl)c3)c(=O)n(C)n2C)cc1. The lowest BCUT2D eigenvalue weighted by Gasteiger charge is -2.09. The molecule has 1 heterocycles. The molecule has 3 aromatic rings. The highest BCUT2D eigenvalue weighted by molar-refractivity contribution is 6.42. The summed E-state index contributed by atoms with van der Waals surface area (Å²) in [5.41, 5.74) is 4.33. The molecule has 2 aromatic carbocycles. The van der Waals surface area contributed by atoms with Crippen molar-refractivity contribution in [2.24, 2.45) is 14.1 Å². The van der Waals surface area contributed by atoms with Crippen LogP contribution in [0.2, 0.25) is 10.0 Å². The van der Waals surface area contributed by atoms with Gasteiger partial charge in [-0.05, 0) is 24.6 Å². The Morgan fingerprint density at radius 3 is 2.04 bits per heavy atom. The van der Waals surface area contributed by atoms with E-state index in [1.54, 1.807) is 23.9 Å². The molecule has 0 saturated carbocycles. The van der Waals surface area contributed by atoms with Crippen LogP contribution in [0.3, 0.4) is 0 Å². The van der Waals surface area contributed by atoms with Gasteiger partial charge in [0, 0.05) is 19.7 Å². The first-order valence-corrected chi connectivity index (χ1v) is 7.94. The van der Waals surface area contributed by atoms with Crippen LogP contribution < -0.4 is 5.56 Å². The Balaban J connectivity index is 2.32. The van der Waals surface area contributed by atoms with E-state index in [0.29, 0.717) is 15.6 Å². The molecule has 23 heavy (non-hydrogen) atoms. The Hall–Kier alpha value is -1.97. The lowest BCUT2D eigenvalue weighted by Crippen LogP contribution is -2.17. The van der Waals surface area contributed by atoms with Crippen molar-refractivity contribution in [2.45, 2.75) is 6.92 Å². The summed E-state index contributed by atoms with van der Waals surface area (Å²) in [5.74, 6) is 0.